The van der Waals surface area contributed by atoms with Gasteiger partial charge in [0.2, 0.25) is 0 Å². The van der Waals surface area contributed by atoms with Crippen LogP contribution in [0.2, 0.25) is 0 Å². The molecular formula is C13H16N2. The fourth-order valence-corrected chi connectivity index (χ4v) is 1.63. The zero-order valence-corrected chi connectivity index (χ0v) is 9.09. The number of hydrogen-bond acceptors (Lipinski definition) is 1. The highest BCUT2D eigenvalue weighted by atomic mass is 14.9. The molecule has 0 unspecified atom stereocenters. The van der Waals surface area contributed by atoms with Gasteiger partial charge in [0.05, 0.1) is 11.0 Å². The van der Waals surface area contributed by atoms with E-state index in [1.807, 2.05) is 24.3 Å². The summed E-state index contributed by atoms with van der Waals surface area (Å²) in [6.45, 7) is 6.25. The molecule has 1 heterocycles. The van der Waals surface area contributed by atoms with Crippen molar-refractivity contribution in [3.63, 3.8) is 0 Å². The molecule has 0 radical (unpaired) electrons. The molecule has 0 atom stereocenters. The lowest BCUT2D eigenvalue weighted by Crippen LogP contribution is -1.85. The molecule has 0 saturated carbocycles. The Morgan fingerprint density at radius 2 is 2.20 bits per heavy atom. The average molecular weight is 200 g/mol. The second-order valence-electron chi connectivity index (χ2n) is 3.81. The first kappa shape index (κ1) is 9.97. The van der Waals surface area contributed by atoms with Crippen molar-refractivity contribution in [3.05, 3.63) is 36.7 Å². The lowest BCUT2D eigenvalue weighted by Gasteiger charge is -1.99. The molecule has 2 aromatic rings. The molecule has 0 bridgehead atoms. The molecule has 1 aromatic heterocycles. The summed E-state index contributed by atoms with van der Waals surface area (Å²) in [5, 5.41) is 0. The molecule has 0 fully saturated rings. The van der Waals surface area contributed by atoms with Crippen LogP contribution in [0.5, 0.6) is 0 Å². The van der Waals surface area contributed by atoms with Gasteiger partial charge >= 0.3 is 0 Å². The smallest absolute Gasteiger partial charge is 0.133 e. The zero-order valence-electron chi connectivity index (χ0n) is 9.09. The highest BCUT2D eigenvalue weighted by Gasteiger charge is 2.04. The number of H-pyrrole nitrogens is 1. The van der Waals surface area contributed by atoms with E-state index in [1.165, 1.54) is 12.8 Å². The summed E-state index contributed by atoms with van der Waals surface area (Å²) in [7, 11) is 0. The van der Waals surface area contributed by atoms with Crippen molar-refractivity contribution in [1.82, 2.24) is 9.97 Å². The Kier molecular flexibility index (Phi) is 2.86. The van der Waals surface area contributed by atoms with Crippen LogP contribution in [-0.2, 0) is 0 Å². The number of nitrogens with one attached hydrogen (secondary N) is 1. The molecule has 0 aliphatic rings. The van der Waals surface area contributed by atoms with Gasteiger partial charge < -0.3 is 4.98 Å². The second-order valence-corrected chi connectivity index (χ2v) is 3.81. The number of rotatable bonds is 4. The molecule has 1 N–H and O–H groups in total. The van der Waals surface area contributed by atoms with Gasteiger partial charge in [0.1, 0.15) is 5.82 Å². The Labute approximate surface area is 90.0 Å². The number of aromatic amines is 1. The van der Waals surface area contributed by atoms with E-state index in [4.69, 9.17) is 0 Å². The van der Waals surface area contributed by atoms with Gasteiger partial charge in [0, 0.05) is 0 Å². The van der Waals surface area contributed by atoms with Gasteiger partial charge in [0.25, 0.3) is 0 Å². The Morgan fingerprint density at radius 3 is 2.93 bits per heavy atom. The van der Waals surface area contributed by atoms with Gasteiger partial charge in [-0.1, -0.05) is 32.1 Å². The van der Waals surface area contributed by atoms with Crippen LogP contribution >= 0.6 is 0 Å². The van der Waals surface area contributed by atoms with Crippen molar-refractivity contribution in [3.8, 4) is 0 Å². The van der Waals surface area contributed by atoms with E-state index in [0.717, 1.165) is 28.9 Å². The average Bonchev–Trinajstić information content (AvgIpc) is 2.69. The third-order valence-corrected chi connectivity index (χ3v) is 2.56. The number of nitrogens with zero attached hydrogens (tertiary/aromatic N) is 1. The van der Waals surface area contributed by atoms with Crippen molar-refractivity contribution >= 4 is 16.6 Å². The quantitative estimate of drug-likeness (QED) is 0.799. The minimum absolute atomic E-state index is 0.935. The number of para-hydroxylation sites is 2. The molecule has 0 aliphatic carbocycles. The molecule has 0 amide bonds. The van der Waals surface area contributed by atoms with Crippen LogP contribution in [-0.4, -0.2) is 9.97 Å². The number of fused-ring (bicyclic) bond motifs is 1. The SMILES string of the molecule is C=C(CCCC)c1nc2ccccc2[nH]1. The Hall–Kier alpha value is -1.57. The van der Waals surface area contributed by atoms with Crippen molar-refractivity contribution in [2.45, 2.75) is 26.2 Å². The summed E-state index contributed by atoms with van der Waals surface area (Å²) in [6.07, 6.45) is 3.39. The largest absolute Gasteiger partial charge is 0.338 e. The van der Waals surface area contributed by atoms with Crippen LogP contribution in [0.4, 0.5) is 0 Å². The lowest BCUT2D eigenvalue weighted by molar-refractivity contribution is 0.821. The normalized spacial score (nSPS) is 10.7. The van der Waals surface area contributed by atoms with E-state index in [2.05, 4.69) is 23.5 Å². The molecule has 1 aromatic carbocycles. The number of aromatic nitrogens is 2. The van der Waals surface area contributed by atoms with Crippen molar-refractivity contribution in [2.75, 3.05) is 0 Å². The second kappa shape index (κ2) is 4.30. The summed E-state index contributed by atoms with van der Waals surface area (Å²) in [4.78, 5) is 7.80. The highest BCUT2D eigenvalue weighted by Crippen LogP contribution is 2.19. The van der Waals surface area contributed by atoms with Crippen LogP contribution in [0.3, 0.4) is 0 Å². The highest BCUT2D eigenvalue weighted by molar-refractivity contribution is 5.78. The van der Waals surface area contributed by atoms with Crippen molar-refractivity contribution < 1.29 is 0 Å². The summed E-state index contributed by atoms with van der Waals surface area (Å²) in [6, 6.07) is 8.07. The van der Waals surface area contributed by atoms with Crippen LogP contribution in [0, 0.1) is 0 Å². The van der Waals surface area contributed by atoms with Crippen molar-refractivity contribution in [1.29, 1.82) is 0 Å². The first-order valence-electron chi connectivity index (χ1n) is 5.44. The topological polar surface area (TPSA) is 28.7 Å². The van der Waals surface area contributed by atoms with Gasteiger partial charge in [-0.3, -0.25) is 0 Å². The number of imidazole rings is 1. The van der Waals surface area contributed by atoms with Crippen LogP contribution < -0.4 is 0 Å². The fraction of sp³-hybridized carbons (Fsp3) is 0.308. The predicted molar refractivity (Wildman–Crippen MR) is 64.7 cm³/mol. The number of hydrogen-bond donors (Lipinski definition) is 1. The van der Waals surface area contributed by atoms with E-state index in [1.54, 1.807) is 0 Å². The molecular weight excluding hydrogens is 184 g/mol. The first-order valence-corrected chi connectivity index (χ1v) is 5.44. The Morgan fingerprint density at radius 1 is 1.40 bits per heavy atom. The van der Waals surface area contributed by atoms with E-state index < -0.39 is 0 Å². The third-order valence-electron chi connectivity index (χ3n) is 2.56. The maximum Gasteiger partial charge on any atom is 0.133 e. The third kappa shape index (κ3) is 2.09. The van der Waals surface area contributed by atoms with E-state index >= 15 is 0 Å². The summed E-state index contributed by atoms with van der Waals surface area (Å²) >= 11 is 0. The maximum atomic E-state index is 4.51. The molecule has 2 nitrogen and oxygen atoms in total. The standard InChI is InChI=1S/C13H16N2/c1-3-4-7-10(2)13-14-11-8-5-6-9-12(11)15-13/h5-6,8-9H,2-4,7H2,1H3,(H,14,15). The van der Waals surface area contributed by atoms with Gasteiger partial charge in [-0.25, -0.2) is 4.98 Å². The van der Waals surface area contributed by atoms with E-state index in [-0.39, 0.29) is 0 Å². The Bertz CT molecular complexity index is 435. The minimum atomic E-state index is 0.935. The number of allylic oxidation sites excluding steroid dienone is 1. The van der Waals surface area contributed by atoms with Crippen molar-refractivity contribution in [2.24, 2.45) is 0 Å². The number of benzene rings is 1. The van der Waals surface area contributed by atoms with Gasteiger partial charge in [-0.05, 0) is 30.5 Å². The van der Waals surface area contributed by atoms with E-state index in [9.17, 15) is 0 Å². The van der Waals surface area contributed by atoms with E-state index in [0.29, 0.717) is 0 Å². The molecule has 2 rings (SSSR count). The Balaban J connectivity index is 2.25. The van der Waals surface area contributed by atoms with Crippen LogP contribution in [0.15, 0.2) is 30.8 Å². The minimum Gasteiger partial charge on any atom is -0.338 e. The predicted octanol–water partition coefficient (Wildman–Crippen LogP) is 3.77. The lowest BCUT2D eigenvalue weighted by atomic mass is 10.1. The fourth-order valence-electron chi connectivity index (χ4n) is 1.63. The summed E-state index contributed by atoms with van der Waals surface area (Å²) < 4.78 is 0. The number of unbranched alkanes of at least 4 members (excludes halogenated alkanes) is 1. The van der Waals surface area contributed by atoms with Gasteiger partial charge in [-0.2, -0.15) is 0 Å². The molecule has 0 aliphatic heterocycles. The molecule has 0 spiro atoms. The molecule has 15 heavy (non-hydrogen) atoms. The van der Waals surface area contributed by atoms with Crippen LogP contribution in [0.25, 0.3) is 16.6 Å². The summed E-state index contributed by atoms with van der Waals surface area (Å²) in [5.41, 5.74) is 3.21. The summed E-state index contributed by atoms with van der Waals surface area (Å²) in [5.74, 6) is 0.935. The van der Waals surface area contributed by atoms with Gasteiger partial charge in [-0.15, -0.1) is 0 Å². The molecule has 0 saturated heterocycles. The maximum absolute atomic E-state index is 4.51. The molecule has 78 valence electrons. The first-order chi connectivity index (χ1) is 7.31. The zero-order chi connectivity index (χ0) is 10.7. The monoisotopic (exact) mass is 200 g/mol. The van der Waals surface area contributed by atoms with Crippen LogP contribution in [0.1, 0.15) is 32.0 Å². The van der Waals surface area contributed by atoms with Gasteiger partial charge in [0.15, 0.2) is 0 Å². The molecule has 2 heteroatoms.